The zero-order valence-electron chi connectivity index (χ0n) is 16.2. The topological polar surface area (TPSA) is 60.5 Å². The first-order valence-corrected chi connectivity index (χ1v) is 9.55. The van der Waals surface area contributed by atoms with Crippen LogP contribution in [-0.2, 0) is 19.6 Å². The van der Waals surface area contributed by atoms with Gasteiger partial charge in [-0.2, -0.15) is 0 Å². The number of pyridine rings is 1. The summed E-state index contributed by atoms with van der Waals surface area (Å²) in [6, 6.07) is 12.1. The second kappa shape index (κ2) is 9.37. The first kappa shape index (κ1) is 19.2. The lowest BCUT2D eigenvalue weighted by molar-refractivity contribution is 0.240. The molecule has 2 N–H and O–H groups in total. The van der Waals surface area contributed by atoms with E-state index in [0.29, 0.717) is 13.1 Å². The highest BCUT2D eigenvalue weighted by atomic mass is 16.2. The first-order valence-electron chi connectivity index (χ1n) is 9.55. The summed E-state index contributed by atoms with van der Waals surface area (Å²) in [5.41, 5.74) is 3.50. The Kier molecular flexibility index (Phi) is 6.65. The van der Waals surface area contributed by atoms with Crippen LogP contribution in [-0.4, -0.2) is 43.1 Å². The Hall–Kier alpha value is -2.60. The van der Waals surface area contributed by atoms with Gasteiger partial charge in [0.1, 0.15) is 5.82 Å². The summed E-state index contributed by atoms with van der Waals surface area (Å²) in [7, 11) is 3.90. The molecule has 0 unspecified atom stereocenters. The standard InChI is InChI=1S/C21H29N5O/c1-25(2)20-13-17(9-10-22-20)14-23-21(27)24-15-18-7-3-4-8-19(18)16-26-11-5-6-12-26/h3-4,7-10,13H,5-6,11-12,14-16H2,1-2H3,(H2,23,24,27). The Bertz CT molecular complexity index is 756. The minimum Gasteiger partial charge on any atom is -0.363 e. The Labute approximate surface area is 161 Å². The summed E-state index contributed by atoms with van der Waals surface area (Å²) in [6.45, 7) is 4.32. The van der Waals surface area contributed by atoms with E-state index in [0.717, 1.165) is 17.9 Å². The van der Waals surface area contributed by atoms with E-state index < -0.39 is 0 Å². The quantitative estimate of drug-likeness (QED) is 0.790. The minimum absolute atomic E-state index is 0.158. The maximum atomic E-state index is 12.2. The minimum atomic E-state index is -0.158. The SMILES string of the molecule is CN(C)c1cc(CNC(=O)NCc2ccccc2CN2CCCC2)ccn1. The summed E-state index contributed by atoms with van der Waals surface area (Å²) < 4.78 is 0. The molecule has 2 aromatic rings. The molecule has 0 radical (unpaired) electrons. The molecular weight excluding hydrogens is 338 g/mol. The van der Waals surface area contributed by atoms with Crippen molar-refractivity contribution >= 4 is 11.8 Å². The van der Waals surface area contributed by atoms with Gasteiger partial charge in [0.15, 0.2) is 0 Å². The summed E-state index contributed by atoms with van der Waals surface area (Å²) in [6.07, 6.45) is 4.33. The molecular formula is C21H29N5O. The van der Waals surface area contributed by atoms with Gasteiger partial charge in [-0.1, -0.05) is 24.3 Å². The van der Waals surface area contributed by atoms with Gasteiger partial charge in [0, 0.05) is 39.9 Å². The van der Waals surface area contributed by atoms with Crippen molar-refractivity contribution in [2.75, 3.05) is 32.1 Å². The van der Waals surface area contributed by atoms with E-state index >= 15 is 0 Å². The van der Waals surface area contributed by atoms with Crippen LogP contribution >= 0.6 is 0 Å². The van der Waals surface area contributed by atoms with Gasteiger partial charge in [0.2, 0.25) is 0 Å². The van der Waals surface area contributed by atoms with Gasteiger partial charge in [-0.3, -0.25) is 4.90 Å². The van der Waals surface area contributed by atoms with E-state index in [2.05, 4.69) is 38.7 Å². The Balaban J connectivity index is 1.50. The van der Waals surface area contributed by atoms with Crippen molar-refractivity contribution in [1.29, 1.82) is 0 Å². The third-order valence-corrected chi connectivity index (χ3v) is 4.87. The molecule has 0 saturated carbocycles. The number of benzene rings is 1. The molecule has 1 aromatic carbocycles. The molecule has 0 spiro atoms. The fraction of sp³-hybridized carbons (Fsp3) is 0.429. The third kappa shape index (κ3) is 5.69. The van der Waals surface area contributed by atoms with Gasteiger partial charge in [-0.25, -0.2) is 9.78 Å². The number of aromatic nitrogens is 1. The zero-order valence-corrected chi connectivity index (χ0v) is 16.2. The van der Waals surface area contributed by atoms with Gasteiger partial charge >= 0.3 is 6.03 Å². The molecule has 6 nitrogen and oxygen atoms in total. The van der Waals surface area contributed by atoms with E-state index in [9.17, 15) is 4.79 Å². The highest BCUT2D eigenvalue weighted by molar-refractivity contribution is 5.73. The van der Waals surface area contributed by atoms with Crippen molar-refractivity contribution in [1.82, 2.24) is 20.5 Å². The van der Waals surface area contributed by atoms with Crippen LogP contribution in [0.4, 0.5) is 10.6 Å². The second-order valence-electron chi connectivity index (χ2n) is 7.20. The molecule has 1 saturated heterocycles. The fourth-order valence-electron chi connectivity index (χ4n) is 3.30. The molecule has 2 heterocycles. The van der Waals surface area contributed by atoms with Crippen LogP contribution in [0.15, 0.2) is 42.6 Å². The molecule has 6 heteroatoms. The van der Waals surface area contributed by atoms with Crippen molar-refractivity contribution in [2.24, 2.45) is 0 Å². The normalized spacial score (nSPS) is 14.1. The van der Waals surface area contributed by atoms with E-state index in [4.69, 9.17) is 0 Å². The number of nitrogens with zero attached hydrogens (tertiary/aromatic N) is 3. The van der Waals surface area contributed by atoms with Crippen LogP contribution in [0.25, 0.3) is 0 Å². The predicted octanol–water partition coefficient (Wildman–Crippen LogP) is 2.74. The number of likely N-dealkylation sites (tertiary alicyclic amines) is 1. The maximum Gasteiger partial charge on any atom is 0.315 e. The summed E-state index contributed by atoms with van der Waals surface area (Å²) in [4.78, 5) is 20.9. The predicted molar refractivity (Wildman–Crippen MR) is 109 cm³/mol. The lowest BCUT2D eigenvalue weighted by Crippen LogP contribution is -2.35. The number of rotatable bonds is 7. The molecule has 0 aliphatic carbocycles. The first-order chi connectivity index (χ1) is 13.1. The smallest absolute Gasteiger partial charge is 0.315 e. The monoisotopic (exact) mass is 367 g/mol. The van der Waals surface area contributed by atoms with Gasteiger partial charge in [0.05, 0.1) is 0 Å². The van der Waals surface area contributed by atoms with Gasteiger partial charge in [-0.05, 0) is 54.8 Å². The Morgan fingerprint density at radius 2 is 1.78 bits per heavy atom. The van der Waals surface area contributed by atoms with Crippen molar-refractivity contribution in [3.63, 3.8) is 0 Å². The number of amides is 2. The van der Waals surface area contributed by atoms with Crippen LogP contribution < -0.4 is 15.5 Å². The second-order valence-corrected chi connectivity index (χ2v) is 7.20. The van der Waals surface area contributed by atoms with E-state index in [1.165, 1.54) is 37.1 Å². The van der Waals surface area contributed by atoms with Crippen molar-refractivity contribution in [2.45, 2.75) is 32.5 Å². The molecule has 0 bridgehead atoms. The van der Waals surface area contributed by atoms with Gasteiger partial charge in [-0.15, -0.1) is 0 Å². The molecule has 144 valence electrons. The zero-order chi connectivity index (χ0) is 19.1. The molecule has 1 aromatic heterocycles. The van der Waals surface area contributed by atoms with Crippen molar-refractivity contribution < 1.29 is 4.79 Å². The highest BCUT2D eigenvalue weighted by Crippen LogP contribution is 2.16. The molecule has 2 amide bonds. The number of carbonyl (C=O) groups excluding carboxylic acids is 1. The lowest BCUT2D eigenvalue weighted by atomic mass is 10.1. The van der Waals surface area contributed by atoms with Crippen LogP contribution in [0.1, 0.15) is 29.5 Å². The van der Waals surface area contributed by atoms with Crippen LogP contribution in [0.5, 0.6) is 0 Å². The number of anilines is 1. The number of hydrogen-bond donors (Lipinski definition) is 2. The van der Waals surface area contributed by atoms with E-state index in [-0.39, 0.29) is 6.03 Å². The van der Waals surface area contributed by atoms with Crippen LogP contribution in [0.3, 0.4) is 0 Å². The third-order valence-electron chi connectivity index (χ3n) is 4.87. The Morgan fingerprint density at radius 3 is 2.52 bits per heavy atom. The molecule has 1 aliphatic heterocycles. The molecule has 3 rings (SSSR count). The Morgan fingerprint density at radius 1 is 1.07 bits per heavy atom. The fourth-order valence-corrected chi connectivity index (χ4v) is 3.30. The summed E-state index contributed by atoms with van der Waals surface area (Å²) in [5, 5.41) is 5.90. The van der Waals surface area contributed by atoms with Crippen LogP contribution in [0.2, 0.25) is 0 Å². The number of nitrogens with one attached hydrogen (secondary N) is 2. The number of carbonyl (C=O) groups is 1. The largest absolute Gasteiger partial charge is 0.363 e. The molecule has 1 aliphatic rings. The summed E-state index contributed by atoms with van der Waals surface area (Å²) in [5.74, 6) is 0.880. The van der Waals surface area contributed by atoms with Gasteiger partial charge in [0.25, 0.3) is 0 Å². The molecule has 0 atom stereocenters. The van der Waals surface area contributed by atoms with Crippen molar-refractivity contribution in [3.05, 3.63) is 59.3 Å². The van der Waals surface area contributed by atoms with Crippen molar-refractivity contribution in [3.8, 4) is 0 Å². The maximum absolute atomic E-state index is 12.2. The number of urea groups is 1. The van der Waals surface area contributed by atoms with E-state index in [1.807, 2.05) is 37.2 Å². The van der Waals surface area contributed by atoms with Gasteiger partial charge < -0.3 is 15.5 Å². The number of hydrogen-bond acceptors (Lipinski definition) is 4. The molecule has 27 heavy (non-hydrogen) atoms. The van der Waals surface area contributed by atoms with Crippen LogP contribution in [0, 0.1) is 0 Å². The highest BCUT2D eigenvalue weighted by Gasteiger charge is 2.13. The lowest BCUT2D eigenvalue weighted by Gasteiger charge is -2.18. The van der Waals surface area contributed by atoms with E-state index in [1.54, 1.807) is 6.20 Å². The molecule has 1 fully saturated rings. The summed E-state index contributed by atoms with van der Waals surface area (Å²) >= 11 is 0. The average molecular weight is 367 g/mol. The average Bonchev–Trinajstić information content (AvgIpc) is 3.19.